The molecule has 0 bridgehead atoms. The van der Waals surface area contributed by atoms with E-state index < -0.39 is 6.36 Å². The molecule has 3 aromatic heterocycles. The fourth-order valence-corrected chi connectivity index (χ4v) is 4.06. The minimum absolute atomic E-state index is 0.185. The van der Waals surface area contributed by atoms with E-state index in [1.807, 2.05) is 36.2 Å². The van der Waals surface area contributed by atoms with Crippen LogP contribution in [0.25, 0.3) is 5.52 Å². The number of ether oxygens (including phenoxy) is 1. The molecule has 0 saturated carbocycles. The fraction of sp³-hybridized carbons (Fsp3) is 0.304. The van der Waals surface area contributed by atoms with Crippen molar-refractivity contribution in [1.29, 1.82) is 0 Å². The number of carbonyl (C=O) groups is 1. The number of aromatic amines is 1. The molecule has 0 atom stereocenters. The third kappa shape index (κ3) is 5.19. The number of rotatable bonds is 6. The van der Waals surface area contributed by atoms with E-state index in [0.717, 1.165) is 11.2 Å². The predicted molar refractivity (Wildman–Crippen MR) is 125 cm³/mol. The van der Waals surface area contributed by atoms with Crippen LogP contribution in [0.15, 0.2) is 48.7 Å². The van der Waals surface area contributed by atoms with Gasteiger partial charge in [-0.25, -0.2) is 4.52 Å². The van der Waals surface area contributed by atoms with Gasteiger partial charge in [-0.1, -0.05) is 18.2 Å². The molecule has 10 nitrogen and oxygen atoms in total. The van der Waals surface area contributed by atoms with Crippen LogP contribution in [0, 0.1) is 6.92 Å². The Morgan fingerprint density at radius 2 is 1.92 bits per heavy atom. The first-order valence-corrected chi connectivity index (χ1v) is 11.3. The molecular weight excluding hydrogens is 477 g/mol. The highest BCUT2D eigenvalue weighted by molar-refractivity contribution is 5.80. The van der Waals surface area contributed by atoms with Crippen molar-refractivity contribution in [3.05, 3.63) is 59.9 Å². The van der Waals surface area contributed by atoms with Crippen LogP contribution in [-0.2, 0) is 11.2 Å². The number of amides is 1. The summed E-state index contributed by atoms with van der Waals surface area (Å²) in [5, 5.41) is 14.9. The summed E-state index contributed by atoms with van der Waals surface area (Å²) < 4.78 is 43.9. The van der Waals surface area contributed by atoms with Crippen LogP contribution in [0.5, 0.6) is 5.75 Å². The fourth-order valence-electron chi connectivity index (χ4n) is 4.06. The second-order valence-electron chi connectivity index (χ2n) is 8.36. The minimum Gasteiger partial charge on any atom is -0.405 e. The molecule has 0 unspecified atom stereocenters. The molecule has 1 saturated heterocycles. The van der Waals surface area contributed by atoms with Gasteiger partial charge in [-0.05, 0) is 25.1 Å². The molecule has 1 amide bonds. The lowest BCUT2D eigenvalue weighted by molar-refractivity contribution is -0.274. The first-order valence-electron chi connectivity index (χ1n) is 11.3. The van der Waals surface area contributed by atoms with Gasteiger partial charge in [0.2, 0.25) is 11.9 Å². The van der Waals surface area contributed by atoms with E-state index in [1.54, 1.807) is 15.5 Å². The van der Waals surface area contributed by atoms with Crippen LogP contribution >= 0.6 is 0 Å². The van der Waals surface area contributed by atoms with Crippen molar-refractivity contribution in [3.63, 3.8) is 0 Å². The zero-order chi connectivity index (χ0) is 25.3. The number of nitrogens with zero attached hydrogens (tertiary/aromatic N) is 6. The van der Waals surface area contributed by atoms with E-state index in [1.165, 1.54) is 18.2 Å². The molecule has 0 radical (unpaired) electrons. The minimum atomic E-state index is -4.82. The monoisotopic (exact) mass is 500 g/mol. The highest BCUT2D eigenvalue weighted by atomic mass is 19.4. The number of alkyl halides is 3. The second-order valence-corrected chi connectivity index (χ2v) is 8.36. The number of para-hydroxylation sites is 1. The number of anilines is 3. The molecule has 188 valence electrons. The largest absolute Gasteiger partial charge is 0.573 e. The van der Waals surface area contributed by atoms with Gasteiger partial charge in [0.05, 0.1) is 6.42 Å². The quantitative estimate of drug-likeness (QED) is 0.419. The van der Waals surface area contributed by atoms with E-state index in [2.05, 4.69) is 30.3 Å². The molecule has 2 N–H and O–H groups in total. The van der Waals surface area contributed by atoms with Gasteiger partial charge in [-0.3, -0.25) is 9.89 Å². The highest BCUT2D eigenvalue weighted by Gasteiger charge is 2.32. The standard InChI is InChI=1S/C23H23F3N8O2/c1-15-13-19(30-29-15)27-21-17-6-4-8-34(17)31-22(28-21)33-11-9-32(10-12-33)20(35)14-16-5-2-3-7-18(16)36-23(24,25)26/h2-8,13H,9-12,14H2,1H3,(H2,27,28,29,30,31). The molecule has 13 heteroatoms. The summed E-state index contributed by atoms with van der Waals surface area (Å²) in [6.07, 6.45) is -3.19. The van der Waals surface area contributed by atoms with Gasteiger partial charge < -0.3 is 19.9 Å². The zero-order valence-electron chi connectivity index (χ0n) is 19.3. The number of piperazine rings is 1. The lowest BCUT2D eigenvalue weighted by atomic mass is 10.1. The van der Waals surface area contributed by atoms with Crippen LogP contribution < -0.4 is 15.0 Å². The molecule has 1 aliphatic heterocycles. The lowest BCUT2D eigenvalue weighted by Gasteiger charge is -2.35. The molecule has 4 aromatic rings. The van der Waals surface area contributed by atoms with E-state index in [-0.39, 0.29) is 23.6 Å². The van der Waals surface area contributed by atoms with Crippen molar-refractivity contribution in [2.24, 2.45) is 0 Å². The van der Waals surface area contributed by atoms with E-state index in [4.69, 9.17) is 0 Å². The van der Waals surface area contributed by atoms with Crippen molar-refractivity contribution in [3.8, 4) is 5.75 Å². The number of aromatic nitrogens is 5. The number of halogens is 3. The van der Waals surface area contributed by atoms with Crippen LogP contribution in [0.2, 0.25) is 0 Å². The normalized spacial score (nSPS) is 14.3. The smallest absolute Gasteiger partial charge is 0.405 e. The van der Waals surface area contributed by atoms with Gasteiger partial charge in [0.1, 0.15) is 11.3 Å². The van der Waals surface area contributed by atoms with Crippen LogP contribution in [0.3, 0.4) is 0 Å². The Balaban J connectivity index is 1.26. The molecule has 4 heterocycles. The van der Waals surface area contributed by atoms with Gasteiger partial charge in [0.15, 0.2) is 11.6 Å². The summed E-state index contributed by atoms with van der Waals surface area (Å²) in [7, 11) is 0. The Hall–Kier alpha value is -4.29. The molecule has 5 rings (SSSR count). The number of H-pyrrole nitrogens is 1. The number of nitrogens with one attached hydrogen (secondary N) is 2. The van der Waals surface area contributed by atoms with Gasteiger partial charge in [0.25, 0.3) is 0 Å². The molecule has 1 aromatic carbocycles. The maximum Gasteiger partial charge on any atom is 0.573 e. The number of hydrogen-bond donors (Lipinski definition) is 2. The van der Waals surface area contributed by atoms with E-state index in [9.17, 15) is 18.0 Å². The summed E-state index contributed by atoms with van der Waals surface area (Å²) in [6, 6.07) is 11.3. The number of fused-ring (bicyclic) bond motifs is 1. The van der Waals surface area contributed by atoms with Crippen molar-refractivity contribution >= 4 is 29.0 Å². The summed E-state index contributed by atoms with van der Waals surface area (Å²) >= 11 is 0. The number of aryl methyl sites for hydroxylation is 1. The molecule has 0 spiro atoms. The Labute approximate surface area is 203 Å². The maximum absolute atomic E-state index is 12.8. The first kappa shape index (κ1) is 23.5. The van der Waals surface area contributed by atoms with Gasteiger partial charge in [-0.15, -0.1) is 18.3 Å². The summed E-state index contributed by atoms with van der Waals surface area (Å²) in [5.74, 6) is 1.08. The summed E-state index contributed by atoms with van der Waals surface area (Å²) in [4.78, 5) is 21.1. The number of carbonyl (C=O) groups excluding carboxylic acids is 1. The third-order valence-electron chi connectivity index (χ3n) is 5.79. The Bertz CT molecular complexity index is 1380. The van der Waals surface area contributed by atoms with Crippen LogP contribution in [0.1, 0.15) is 11.3 Å². The Morgan fingerprint density at radius 3 is 2.64 bits per heavy atom. The average molecular weight is 500 g/mol. The highest BCUT2D eigenvalue weighted by Crippen LogP contribution is 2.27. The van der Waals surface area contributed by atoms with E-state index >= 15 is 0 Å². The zero-order valence-corrected chi connectivity index (χ0v) is 19.3. The Kier molecular flexibility index (Phi) is 6.12. The van der Waals surface area contributed by atoms with E-state index in [0.29, 0.717) is 43.8 Å². The number of benzene rings is 1. The molecular formula is C23H23F3N8O2. The molecule has 0 aliphatic carbocycles. The van der Waals surface area contributed by atoms with Gasteiger partial charge in [-0.2, -0.15) is 10.1 Å². The van der Waals surface area contributed by atoms with Crippen molar-refractivity contribution in [2.45, 2.75) is 19.7 Å². The van der Waals surface area contributed by atoms with Crippen LogP contribution in [0.4, 0.5) is 30.8 Å². The summed E-state index contributed by atoms with van der Waals surface area (Å²) in [6.45, 7) is 3.62. The summed E-state index contributed by atoms with van der Waals surface area (Å²) in [5.41, 5.74) is 1.88. The van der Waals surface area contributed by atoms with Gasteiger partial charge >= 0.3 is 6.36 Å². The van der Waals surface area contributed by atoms with Gasteiger partial charge in [0, 0.05) is 49.7 Å². The molecule has 36 heavy (non-hydrogen) atoms. The lowest BCUT2D eigenvalue weighted by Crippen LogP contribution is -2.49. The number of hydrogen-bond acceptors (Lipinski definition) is 7. The average Bonchev–Trinajstić information content (AvgIpc) is 3.48. The van der Waals surface area contributed by atoms with Crippen LogP contribution in [-0.4, -0.2) is 68.1 Å². The SMILES string of the molecule is Cc1cc(Nc2nc(N3CCN(C(=O)Cc4ccccc4OC(F)(F)F)CC3)nn3cccc23)n[nH]1. The Morgan fingerprint density at radius 1 is 1.14 bits per heavy atom. The third-order valence-corrected chi connectivity index (χ3v) is 5.79. The second kappa shape index (κ2) is 9.40. The van der Waals surface area contributed by atoms with Crippen molar-refractivity contribution in [1.82, 2.24) is 29.7 Å². The van der Waals surface area contributed by atoms with Crippen molar-refractivity contribution in [2.75, 3.05) is 36.4 Å². The molecule has 1 fully saturated rings. The predicted octanol–water partition coefficient (Wildman–Crippen LogP) is 3.29. The molecule has 1 aliphatic rings. The topological polar surface area (TPSA) is 104 Å². The maximum atomic E-state index is 12.8. The van der Waals surface area contributed by atoms with Crippen molar-refractivity contribution < 1.29 is 22.7 Å². The first-order chi connectivity index (χ1) is 17.2.